The molecule has 0 saturated heterocycles. The normalized spacial score (nSPS) is 12.1. The van der Waals surface area contributed by atoms with E-state index >= 15 is 0 Å². The first kappa shape index (κ1) is 10.7. The maximum absolute atomic E-state index is 11.2. The van der Waals surface area contributed by atoms with E-state index in [0.29, 0.717) is 6.42 Å². The van der Waals surface area contributed by atoms with Crippen molar-refractivity contribution in [2.24, 2.45) is 0 Å². The summed E-state index contributed by atoms with van der Waals surface area (Å²) in [6.45, 7) is 3.56. The molecule has 0 unspecified atom stereocenters. The molecule has 0 fully saturated rings. The Morgan fingerprint density at radius 3 is 2.64 bits per heavy atom. The second kappa shape index (κ2) is 5.40. The van der Waals surface area contributed by atoms with Crippen molar-refractivity contribution in [1.29, 1.82) is 0 Å². The third-order valence-corrected chi connectivity index (χ3v) is 1.93. The first-order valence-corrected chi connectivity index (χ1v) is 4.73. The van der Waals surface area contributed by atoms with Gasteiger partial charge >= 0.3 is 0 Å². The van der Waals surface area contributed by atoms with Crippen molar-refractivity contribution in [1.82, 2.24) is 0 Å². The molecule has 0 heterocycles. The second-order valence-electron chi connectivity index (χ2n) is 3.05. The molecular formula is C11H15NO2. The van der Waals surface area contributed by atoms with E-state index in [1.807, 2.05) is 37.3 Å². The Bertz CT molecular complexity index is 285. The Hall–Kier alpha value is -1.35. The number of benzene rings is 1. The van der Waals surface area contributed by atoms with Crippen LogP contribution in [0.1, 0.15) is 20.3 Å². The van der Waals surface area contributed by atoms with Crippen molar-refractivity contribution in [3.05, 3.63) is 30.3 Å². The van der Waals surface area contributed by atoms with Crippen molar-refractivity contribution < 1.29 is 9.63 Å². The van der Waals surface area contributed by atoms with Crippen LogP contribution in [0.4, 0.5) is 5.69 Å². The van der Waals surface area contributed by atoms with Crippen LogP contribution in [0.25, 0.3) is 0 Å². The van der Waals surface area contributed by atoms with Crippen LogP contribution in [0.15, 0.2) is 30.3 Å². The second-order valence-corrected chi connectivity index (χ2v) is 3.05. The lowest BCUT2D eigenvalue weighted by atomic mass is 10.2. The zero-order valence-corrected chi connectivity index (χ0v) is 8.49. The van der Waals surface area contributed by atoms with E-state index in [0.717, 1.165) is 5.69 Å². The van der Waals surface area contributed by atoms with Gasteiger partial charge in [-0.05, 0) is 19.1 Å². The molecule has 1 atom stereocenters. The summed E-state index contributed by atoms with van der Waals surface area (Å²) in [7, 11) is 0. The first-order valence-electron chi connectivity index (χ1n) is 4.73. The van der Waals surface area contributed by atoms with Gasteiger partial charge in [-0.25, -0.2) is 0 Å². The molecule has 0 aliphatic rings. The molecule has 1 N–H and O–H groups in total. The Morgan fingerprint density at radius 2 is 2.07 bits per heavy atom. The third-order valence-electron chi connectivity index (χ3n) is 1.93. The third kappa shape index (κ3) is 3.18. The van der Waals surface area contributed by atoms with Gasteiger partial charge < -0.3 is 0 Å². The van der Waals surface area contributed by atoms with Crippen LogP contribution < -0.4 is 5.48 Å². The molecule has 3 heteroatoms. The van der Waals surface area contributed by atoms with E-state index in [4.69, 9.17) is 4.84 Å². The molecule has 0 aliphatic heterocycles. The van der Waals surface area contributed by atoms with Crippen LogP contribution in [0, 0.1) is 0 Å². The van der Waals surface area contributed by atoms with Gasteiger partial charge in [0, 0.05) is 6.42 Å². The number of para-hydroxylation sites is 1. The van der Waals surface area contributed by atoms with Gasteiger partial charge in [0.2, 0.25) is 0 Å². The topological polar surface area (TPSA) is 38.3 Å². The average molecular weight is 193 g/mol. The quantitative estimate of drug-likeness (QED) is 0.730. The minimum absolute atomic E-state index is 0.0911. The van der Waals surface area contributed by atoms with Crippen molar-refractivity contribution >= 4 is 11.5 Å². The van der Waals surface area contributed by atoms with Crippen molar-refractivity contribution in [3.8, 4) is 0 Å². The van der Waals surface area contributed by atoms with Gasteiger partial charge in [-0.1, -0.05) is 25.1 Å². The predicted molar refractivity (Wildman–Crippen MR) is 55.9 cm³/mol. The summed E-state index contributed by atoms with van der Waals surface area (Å²) < 4.78 is 0. The highest BCUT2D eigenvalue weighted by molar-refractivity contribution is 5.82. The predicted octanol–water partition coefficient (Wildman–Crippen LogP) is 2.40. The van der Waals surface area contributed by atoms with E-state index in [9.17, 15) is 4.79 Å². The van der Waals surface area contributed by atoms with Crippen LogP contribution in [0.5, 0.6) is 0 Å². The molecular weight excluding hydrogens is 178 g/mol. The van der Waals surface area contributed by atoms with Gasteiger partial charge in [0.15, 0.2) is 5.78 Å². The molecule has 0 bridgehead atoms. The van der Waals surface area contributed by atoms with Crippen LogP contribution in [0.2, 0.25) is 0 Å². The average Bonchev–Trinajstić information content (AvgIpc) is 2.26. The number of carbonyl (C=O) groups is 1. The number of Topliss-reactive ketones (excluding diaryl/α,β-unsaturated/α-hetero) is 1. The smallest absolute Gasteiger partial charge is 0.163 e. The van der Waals surface area contributed by atoms with Crippen molar-refractivity contribution in [2.75, 3.05) is 5.48 Å². The summed E-state index contributed by atoms with van der Waals surface area (Å²) in [5.74, 6) is 0.0911. The Morgan fingerprint density at radius 1 is 1.43 bits per heavy atom. The van der Waals surface area contributed by atoms with E-state index in [1.165, 1.54) is 0 Å². The molecule has 1 aromatic rings. The maximum Gasteiger partial charge on any atom is 0.163 e. The molecule has 0 aliphatic carbocycles. The van der Waals surface area contributed by atoms with Gasteiger partial charge in [0.1, 0.15) is 6.10 Å². The zero-order valence-electron chi connectivity index (χ0n) is 8.49. The minimum Gasteiger partial charge on any atom is -0.297 e. The fraction of sp³-hybridized carbons (Fsp3) is 0.364. The summed E-state index contributed by atoms with van der Waals surface area (Å²) in [6, 6.07) is 9.48. The van der Waals surface area contributed by atoms with E-state index < -0.39 is 6.10 Å². The van der Waals surface area contributed by atoms with Crippen molar-refractivity contribution in [2.45, 2.75) is 26.4 Å². The molecule has 1 aromatic carbocycles. The zero-order chi connectivity index (χ0) is 10.4. The van der Waals surface area contributed by atoms with Gasteiger partial charge in [-0.3, -0.25) is 15.1 Å². The summed E-state index contributed by atoms with van der Waals surface area (Å²) in [5, 5.41) is 0. The summed E-state index contributed by atoms with van der Waals surface area (Å²) in [4.78, 5) is 16.3. The Balaban J connectivity index is 2.38. The highest BCUT2D eigenvalue weighted by Gasteiger charge is 2.10. The Labute approximate surface area is 84.0 Å². The number of hydrogen-bond acceptors (Lipinski definition) is 3. The molecule has 0 saturated carbocycles. The molecule has 0 spiro atoms. The molecule has 3 nitrogen and oxygen atoms in total. The molecule has 0 radical (unpaired) electrons. The lowest BCUT2D eigenvalue weighted by Crippen LogP contribution is -2.22. The van der Waals surface area contributed by atoms with Gasteiger partial charge in [0.25, 0.3) is 0 Å². The van der Waals surface area contributed by atoms with Crippen molar-refractivity contribution in [3.63, 3.8) is 0 Å². The number of nitrogens with one attached hydrogen (secondary N) is 1. The first-order chi connectivity index (χ1) is 6.74. The largest absolute Gasteiger partial charge is 0.297 e. The number of hydrogen-bond donors (Lipinski definition) is 1. The Kier molecular flexibility index (Phi) is 4.13. The fourth-order valence-corrected chi connectivity index (χ4v) is 1.02. The number of carbonyl (C=O) groups excluding carboxylic acids is 1. The van der Waals surface area contributed by atoms with E-state index in [1.54, 1.807) is 6.92 Å². The van der Waals surface area contributed by atoms with Gasteiger partial charge in [-0.2, -0.15) is 0 Å². The highest BCUT2D eigenvalue weighted by atomic mass is 16.7. The monoisotopic (exact) mass is 193 g/mol. The SMILES string of the molecule is CCC(=O)[C@@H](C)ONc1ccccc1. The highest BCUT2D eigenvalue weighted by Crippen LogP contribution is 2.06. The fourth-order valence-electron chi connectivity index (χ4n) is 1.02. The lowest BCUT2D eigenvalue weighted by Gasteiger charge is -2.11. The van der Waals surface area contributed by atoms with Crippen LogP contribution in [0.3, 0.4) is 0 Å². The van der Waals surface area contributed by atoms with Crippen LogP contribution in [-0.2, 0) is 9.63 Å². The maximum atomic E-state index is 11.2. The lowest BCUT2D eigenvalue weighted by molar-refractivity contribution is -0.127. The standard InChI is InChI=1S/C11H15NO2/c1-3-11(13)9(2)14-12-10-7-5-4-6-8-10/h4-9,12H,3H2,1-2H3/t9-/m1/s1. The summed E-state index contributed by atoms with van der Waals surface area (Å²) in [6.07, 6.45) is 0.0951. The van der Waals surface area contributed by atoms with Gasteiger partial charge in [0.05, 0.1) is 5.69 Å². The molecule has 14 heavy (non-hydrogen) atoms. The molecule has 1 rings (SSSR count). The van der Waals surface area contributed by atoms with Crippen LogP contribution >= 0.6 is 0 Å². The molecule has 0 amide bonds. The van der Waals surface area contributed by atoms with Gasteiger partial charge in [-0.15, -0.1) is 0 Å². The van der Waals surface area contributed by atoms with Crippen LogP contribution in [-0.4, -0.2) is 11.9 Å². The minimum atomic E-state index is -0.403. The summed E-state index contributed by atoms with van der Waals surface area (Å²) in [5.41, 5.74) is 3.59. The molecule has 0 aromatic heterocycles. The number of ketones is 1. The number of anilines is 1. The molecule has 76 valence electrons. The van der Waals surface area contributed by atoms with E-state index in [-0.39, 0.29) is 5.78 Å². The van der Waals surface area contributed by atoms with E-state index in [2.05, 4.69) is 5.48 Å². The number of rotatable bonds is 5. The summed E-state index contributed by atoms with van der Waals surface area (Å²) >= 11 is 0.